The molecule has 4 aromatic rings. The summed E-state index contributed by atoms with van der Waals surface area (Å²) in [5.41, 5.74) is 13.9. The maximum atomic E-state index is 13.1. The molecule has 1 aliphatic heterocycles. The number of nitrogens with two attached hydrogens (primary N) is 1. The van der Waals surface area contributed by atoms with E-state index in [-0.39, 0.29) is 5.91 Å². The number of hydrogen-bond acceptors (Lipinski definition) is 4. The molecule has 0 saturated heterocycles. The van der Waals surface area contributed by atoms with Crippen molar-refractivity contribution in [1.82, 2.24) is 19.9 Å². The van der Waals surface area contributed by atoms with Crippen LogP contribution >= 0.6 is 0 Å². The fourth-order valence-electron chi connectivity index (χ4n) is 5.03. The molecule has 1 fully saturated rings. The zero-order valence-electron chi connectivity index (χ0n) is 18.2. The van der Waals surface area contributed by atoms with Crippen LogP contribution in [0.5, 0.6) is 0 Å². The Kier molecular flexibility index (Phi) is 4.12. The van der Waals surface area contributed by atoms with Gasteiger partial charge >= 0.3 is 0 Å². The van der Waals surface area contributed by atoms with Crippen LogP contribution in [0.2, 0.25) is 0 Å². The van der Waals surface area contributed by atoms with Crippen molar-refractivity contribution in [3.63, 3.8) is 0 Å². The number of rotatable bonds is 4. The van der Waals surface area contributed by atoms with Crippen LogP contribution < -0.4 is 5.73 Å². The molecular weight excluding hydrogens is 398 g/mol. The molecule has 4 heterocycles. The fraction of sp³-hybridized carbons (Fsp3) is 0.269. The largest absolute Gasteiger partial charge is 0.384 e. The number of hydrogen-bond donors (Lipinski definition) is 2. The smallest absolute Gasteiger partial charge is 0.255 e. The van der Waals surface area contributed by atoms with E-state index in [9.17, 15) is 4.79 Å². The Morgan fingerprint density at radius 1 is 1.12 bits per heavy atom. The van der Waals surface area contributed by atoms with E-state index in [1.54, 1.807) is 6.20 Å². The number of pyridine rings is 2. The summed E-state index contributed by atoms with van der Waals surface area (Å²) in [5, 5.41) is 1.03. The minimum Gasteiger partial charge on any atom is -0.384 e. The molecule has 3 aromatic heterocycles. The molecule has 3 N–H and O–H groups in total. The van der Waals surface area contributed by atoms with Crippen molar-refractivity contribution in [3.05, 3.63) is 65.6 Å². The first-order valence-electron chi connectivity index (χ1n) is 11.1. The van der Waals surface area contributed by atoms with Crippen LogP contribution in [0, 0.1) is 12.8 Å². The number of nitrogens with one attached hydrogen (secondary N) is 1. The number of fused-ring (bicyclic) bond motifs is 2. The Bertz CT molecular complexity index is 1380. The highest BCUT2D eigenvalue weighted by Gasteiger charge is 2.39. The second-order valence-electron chi connectivity index (χ2n) is 9.13. The van der Waals surface area contributed by atoms with Crippen molar-refractivity contribution >= 4 is 22.8 Å². The number of aryl methyl sites for hydroxylation is 1. The van der Waals surface area contributed by atoms with E-state index in [4.69, 9.17) is 5.73 Å². The average molecular weight is 424 g/mol. The van der Waals surface area contributed by atoms with Gasteiger partial charge in [0.1, 0.15) is 11.5 Å². The first-order chi connectivity index (χ1) is 15.5. The summed E-state index contributed by atoms with van der Waals surface area (Å²) in [7, 11) is 0. The molecule has 6 nitrogen and oxygen atoms in total. The first-order valence-corrected chi connectivity index (χ1v) is 11.1. The lowest BCUT2D eigenvalue weighted by molar-refractivity contribution is 0.0697. The third kappa shape index (κ3) is 2.98. The van der Waals surface area contributed by atoms with Crippen LogP contribution in [-0.2, 0) is 6.54 Å². The summed E-state index contributed by atoms with van der Waals surface area (Å²) < 4.78 is 0. The molecular formula is C26H25N5O. The van der Waals surface area contributed by atoms with Gasteiger partial charge in [-0.2, -0.15) is 0 Å². The number of anilines is 1. The average Bonchev–Trinajstić information content (AvgIpc) is 3.46. The van der Waals surface area contributed by atoms with E-state index in [1.807, 2.05) is 31.5 Å². The third-order valence-corrected chi connectivity index (χ3v) is 6.98. The highest BCUT2D eigenvalue weighted by Crippen LogP contribution is 2.40. The van der Waals surface area contributed by atoms with Gasteiger partial charge in [-0.1, -0.05) is 6.07 Å². The Morgan fingerprint density at radius 2 is 1.97 bits per heavy atom. The normalized spacial score (nSPS) is 16.6. The van der Waals surface area contributed by atoms with E-state index in [1.165, 1.54) is 12.8 Å². The highest BCUT2D eigenvalue weighted by atomic mass is 16.2. The van der Waals surface area contributed by atoms with Gasteiger partial charge in [0.15, 0.2) is 0 Å². The van der Waals surface area contributed by atoms with Crippen LogP contribution in [0.15, 0.2) is 48.9 Å². The summed E-state index contributed by atoms with van der Waals surface area (Å²) in [4.78, 5) is 27.2. The van der Waals surface area contributed by atoms with Crippen LogP contribution in [0.1, 0.15) is 41.3 Å². The van der Waals surface area contributed by atoms with E-state index in [0.717, 1.165) is 50.0 Å². The maximum absolute atomic E-state index is 13.1. The SMILES string of the molecule is Cc1cc(-c2cnc3[nH]cc(-c4ccnc(N)c4)c3c2)cc2c1C(=O)N([C@@H](C)C1CC1)C2. The van der Waals surface area contributed by atoms with Crippen LogP contribution in [0.3, 0.4) is 0 Å². The van der Waals surface area contributed by atoms with Gasteiger partial charge in [0.25, 0.3) is 5.91 Å². The van der Waals surface area contributed by atoms with Gasteiger partial charge in [-0.3, -0.25) is 4.79 Å². The number of carbonyl (C=O) groups excluding carboxylic acids is 1. The van der Waals surface area contributed by atoms with Crippen molar-refractivity contribution < 1.29 is 4.79 Å². The molecule has 1 amide bonds. The standard InChI is InChI=1S/C26H25N5O/c1-14-7-18(8-20-13-31(26(32)24(14)20)15(2)16-3-4-16)19-9-21-22(12-30-25(21)29-11-19)17-5-6-28-23(27)10-17/h5-12,15-16H,3-4,13H2,1-2H3,(H2,27,28)(H,29,30)/t15-/m0/s1. The Labute approximate surface area is 186 Å². The van der Waals surface area contributed by atoms with Crippen molar-refractivity contribution in [2.45, 2.75) is 39.3 Å². The van der Waals surface area contributed by atoms with E-state index >= 15 is 0 Å². The summed E-state index contributed by atoms with van der Waals surface area (Å²) in [6.07, 6.45) is 8.04. The molecule has 0 radical (unpaired) electrons. The second kappa shape index (κ2) is 6.92. The van der Waals surface area contributed by atoms with Gasteiger partial charge < -0.3 is 15.6 Å². The van der Waals surface area contributed by atoms with Gasteiger partial charge in [0.05, 0.1) is 0 Å². The van der Waals surface area contributed by atoms with E-state index in [2.05, 4.69) is 45.0 Å². The number of amides is 1. The number of aromatic amines is 1. The zero-order chi connectivity index (χ0) is 22.0. The molecule has 1 aromatic carbocycles. The molecule has 1 saturated carbocycles. The number of benzene rings is 1. The molecule has 1 aliphatic carbocycles. The molecule has 0 spiro atoms. The van der Waals surface area contributed by atoms with Crippen molar-refractivity contribution in [1.29, 1.82) is 0 Å². The van der Waals surface area contributed by atoms with Crippen LogP contribution in [0.25, 0.3) is 33.3 Å². The summed E-state index contributed by atoms with van der Waals surface area (Å²) in [6, 6.07) is 10.6. The molecule has 0 bridgehead atoms. The molecule has 0 unspecified atom stereocenters. The monoisotopic (exact) mass is 423 g/mol. The van der Waals surface area contributed by atoms with Gasteiger partial charge in [-0.05, 0) is 79.1 Å². The summed E-state index contributed by atoms with van der Waals surface area (Å²) >= 11 is 0. The number of nitrogen functional groups attached to an aromatic ring is 1. The van der Waals surface area contributed by atoms with Gasteiger partial charge in [-0.25, -0.2) is 9.97 Å². The van der Waals surface area contributed by atoms with Crippen molar-refractivity contribution in [2.24, 2.45) is 5.92 Å². The molecule has 160 valence electrons. The van der Waals surface area contributed by atoms with E-state index in [0.29, 0.717) is 24.3 Å². The lowest BCUT2D eigenvalue weighted by Crippen LogP contribution is -2.34. The summed E-state index contributed by atoms with van der Waals surface area (Å²) in [6.45, 7) is 4.93. The van der Waals surface area contributed by atoms with Crippen molar-refractivity contribution in [3.8, 4) is 22.3 Å². The minimum absolute atomic E-state index is 0.181. The zero-order valence-corrected chi connectivity index (χ0v) is 18.2. The summed E-state index contributed by atoms with van der Waals surface area (Å²) in [5.74, 6) is 1.33. The number of nitrogens with zero attached hydrogens (tertiary/aromatic N) is 3. The third-order valence-electron chi connectivity index (χ3n) is 6.98. The molecule has 32 heavy (non-hydrogen) atoms. The van der Waals surface area contributed by atoms with Gasteiger partial charge in [0, 0.05) is 53.3 Å². The molecule has 2 aliphatic rings. The number of aromatic nitrogens is 3. The molecule has 6 heteroatoms. The molecule has 6 rings (SSSR count). The second-order valence-corrected chi connectivity index (χ2v) is 9.13. The Hall–Kier alpha value is -3.67. The lowest BCUT2D eigenvalue weighted by Gasteiger charge is -2.24. The van der Waals surface area contributed by atoms with E-state index < -0.39 is 0 Å². The predicted octanol–water partition coefficient (Wildman–Crippen LogP) is 4.94. The Balaban J connectivity index is 1.41. The van der Waals surface area contributed by atoms with Crippen LogP contribution in [-0.4, -0.2) is 31.8 Å². The first kappa shape index (κ1) is 19.0. The fourth-order valence-corrected chi connectivity index (χ4v) is 5.03. The predicted molar refractivity (Wildman–Crippen MR) is 126 cm³/mol. The number of carbonyl (C=O) groups is 1. The van der Waals surface area contributed by atoms with Gasteiger partial charge in [-0.15, -0.1) is 0 Å². The molecule has 1 atom stereocenters. The van der Waals surface area contributed by atoms with Crippen molar-refractivity contribution in [2.75, 3.05) is 5.73 Å². The maximum Gasteiger partial charge on any atom is 0.255 e. The Morgan fingerprint density at radius 3 is 2.75 bits per heavy atom. The number of H-pyrrole nitrogens is 1. The van der Waals surface area contributed by atoms with Gasteiger partial charge in [0.2, 0.25) is 0 Å². The highest BCUT2D eigenvalue weighted by molar-refractivity contribution is 6.01. The lowest BCUT2D eigenvalue weighted by atomic mass is 9.96. The topological polar surface area (TPSA) is 87.9 Å². The minimum atomic E-state index is 0.181. The van der Waals surface area contributed by atoms with Crippen LogP contribution in [0.4, 0.5) is 5.82 Å². The quantitative estimate of drug-likeness (QED) is 0.487.